The third-order valence-corrected chi connectivity index (χ3v) is 3.84. The van der Waals surface area contributed by atoms with Gasteiger partial charge in [-0.25, -0.2) is 0 Å². The zero-order chi connectivity index (χ0) is 10.5. The molecule has 0 aromatic rings. The van der Waals surface area contributed by atoms with E-state index in [9.17, 15) is 0 Å². The molecule has 0 aromatic carbocycles. The van der Waals surface area contributed by atoms with Gasteiger partial charge in [0.25, 0.3) is 0 Å². The lowest BCUT2D eigenvalue weighted by Crippen LogP contribution is -2.39. The van der Waals surface area contributed by atoms with Gasteiger partial charge in [0.15, 0.2) is 0 Å². The van der Waals surface area contributed by atoms with Crippen LogP contribution >= 0.6 is 0 Å². The highest BCUT2D eigenvalue weighted by atomic mass is 16.5. The van der Waals surface area contributed by atoms with Crippen LogP contribution in [0.5, 0.6) is 0 Å². The quantitative estimate of drug-likeness (QED) is 0.772. The molecule has 0 radical (unpaired) electrons. The van der Waals surface area contributed by atoms with Gasteiger partial charge in [0, 0.05) is 6.04 Å². The van der Waals surface area contributed by atoms with E-state index in [0.717, 1.165) is 6.54 Å². The summed E-state index contributed by atoms with van der Waals surface area (Å²) in [6.45, 7) is 3.27. The molecule has 0 aliphatic heterocycles. The summed E-state index contributed by atoms with van der Waals surface area (Å²) >= 11 is 0. The molecular weight excluding hydrogens is 186 g/mol. The summed E-state index contributed by atoms with van der Waals surface area (Å²) in [5, 5.41) is 3.56. The van der Waals surface area contributed by atoms with Crippen LogP contribution in [0.15, 0.2) is 0 Å². The molecule has 2 atom stereocenters. The van der Waals surface area contributed by atoms with Crippen molar-refractivity contribution in [3.05, 3.63) is 0 Å². The van der Waals surface area contributed by atoms with E-state index in [1.165, 1.54) is 51.4 Å². The van der Waals surface area contributed by atoms with E-state index in [2.05, 4.69) is 12.2 Å². The maximum absolute atomic E-state index is 6.25. The summed E-state index contributed by atoms with van der Waals surface area (Å²) in [6.07, 6.45) is 11.8. The fourth-order valence-electron chi connectivity index (χ4n) is 3.03. The lowest BCUT2D eigenvalue weighted by Gasteiger charge is -2.29. The smallest absolute Gasteiger partial charge is 0.0731 e. The van der Waals surface area contributed by atoms with Gasteiger partial charge < -0.3 is 10.1 Å². The predicted molar refractivity (Wildman–Crippen MR) is 63.1 cm³/mol. The molecule has 88 valence electrons. The number of hydrogen-bond donors (Lipinski definition) is 1. The fraction of sp³-hybridized carbons (Fsp3) is 1.00. The van der Waals surface area contributed by atoms with Crippen molar-refractivity contribution in [2.24, 2.45) is 0 Å². The molecule has 2 nitrogen and oxygen atoms in total. The van der Waals surface area contributed by atoms with Crippen molar-refractivity contribution in [2.45, 2.75) is 76.5 Å². The molecule has 2 unspecified atom stereocenters. The van der Waals surface area contributed by atoms with E-state index in [1.807, 2.05) is 0 Å². The van der Waals surface area contributed by atoms with Gasteiger partial charge in [0.05, 0.1) is 12.2 Å². The molecular formula is C13H25NO. The molecule has 2 rings (SSSR count). The third kappa shape index (κ3) is 3.18. The van der Waals surface area contributed by atoms with E-state index in [-0.39, 0.29) is 0 Å². The Kier molecular flexibility index (Phi) is 4.45. The molecule has 2 aliphatic carbocycles. The molecule has 0 aromatic heterocycles. The zero-order valence-corrected chi connectivity index (χ0v) is 10.0. The Labute approximate surface area is 93.8 Å². The van der Waals surface area contributed by atoms with Crippen LogP contribution < -0.4 is 5.32 Å². The van der Waals surface area contributed by atoms with Crippen LogP contribution in [0.25, 0.3) is 0 Å². The first-order valence-corrected chi connectivity index (χ1v) is 6.79. The lowest BCUT2D eigenvalue weighted by molar-refractivity contribution is -0.0372. The summed E-state index contributed by atoms with van der Waals surface area (Å²) in [7, 11) is 0. The first-order chi connectivity index (χ1) is 7.40. The van der Waals surface area contributed by atoms with Crippen molar-refractivity contribution in [1.29, 1.82) is 0 Å². The monoisotopic (exact) mass is 211 g/mol. The zero-order valence-electron chi connectivity index (χ0n) is 10.0. The Hall–Kier alpha value is -0.0800. The molecule has 0 spiro atoms. The van der Waals surface area contributed by atoms with Crippen LogP contribution in [0.2, 0.25) is 0 Å². The van der Waals surface area contributed by atoms with E-state index in [4.69, 9.17) is 4.74 Å². The second-order valence-electron chi connectivity index (χ2n) is 5.03. The van der Waals surface area contributed by atoms with Crippen molar-refractivity contribution >= 4 is 0 Å². The summed E-state index contributed by atoms with van der Waals surface area (Å²) < 4.78 is 6.25. The molecule has 2 heteroatoms. The van der Waals surface area contributed by atoms with Gasteiger partial charge in [0.2, 0.25) is 0 Å². The van der Waals surface area contributed by atoms with Crippen LogP contribution in [-0.2, 0) is 4.74 Å². The first kappa shape index (κ1) is 11.4. The molecule has 0 amide bonds. The second kappa shape index (κ2) is 5.86. The summed E-state index contributed by atoms with van der Waals surface area (Å²) in [6, 6.07) is 0.636. The van der Waals surface area contributed by atoms with Gasteiger partial charge in [-0.2, -0.15) is 0 Å². The van der Waals surface area contributed by atoms with Crippen molar-refractivity contribution in [3.63, 3.8) is 0 Å². The highest BCUT2D eigenvalue weighted by molar-refractivity contribution is 4.85. The molecule has 2 saturated carbocycles. The molecule has 0 saturated heterocycles. The van der Waals surface area contributed by atoms with Gasteiger partial charge in [-0.1, -0.05) is 26.2 Å². The molecule has 15 heavy (non-hydrogen) atoms. The number of rotatable bonds is 4. The van der Waals surface area contributed by atoms with Gasteiger partial charge in [0.1, 0.15) is 0 Å². The van der Waals surface area contributed by atoms with Gasteiger partial charge in [-0.3, -0.25) is 0 Å². The van der Waals surface area contributed by atoms with Crippen LogP contribution in [0, 0.1) is 0 Å². The molecule has 0 bridgehead atoms. The van der Waals surface area contributed by atoms with Gasteiger partial charge in [-0.05, 0) is 38.6 Å². The van der Waals surface area contributed by atoms with Gasteiger partial charge in [-0.15, -0.1) is 0 Å². The lowest BCUT2D eigenvalue weighted by atomic mass is 9.97. The third-order valence-electron chi connectivity index (χ3n) is 3.84. The Morgan fingerprint density at radius 1 is 1.00 bits per heavy atom. The second-order valence-corrected chi connectivity index (χ2v) is 5.03. The summed E-state index contributed by atoms with van der Waals surface area (Å²) in [4.78, 5) is 0. The maximum atomic E-state index is 6.25. The number of hydrogen-bond acceptors (Lipinski definition) is 2. The largest absolute Gasteiger partial charge is 0.373 e. The molecule has 0 heterocycles. The molecule has 1 N–H and O–H groups in total. The van der Waals surface area contributed by atoms with Crippen LogP contribution in [-0.4, -0.2) is 24.8 Å². The molecule has 2 aliphatic rings. The minimum absolute atomic E-state index is 0.507. The average molecular weight is 211 g/mol. The van der Waals surface area contributed by atoms with E-state index in [0.29, 0.717) is 18.2 Å². The Morgan fingerprint density at radius 2 is 1.80 bits per heavy atom. The standard InChI is InChI=1S/C13H25NO/c1-2-14-12-9-6-10-13(12)15-11-7-4-3-5-8-11/h11-14H,2-10H2,1H3. The van der Waals surface area contributed by atoms with Crippen molar-refractivity contribution in [2.75, 3.05) is 6.54 Å². The Morgan fingerprint density at radius 3 is 2.53 bits per heavy atom. The Balaban J connectivity index is 1.76. The number of likely N-dealkylation sites (N-methyl/N-ethyl adjacent to an activating group) is 1. The van der Waals surface area contributed by atoms with Crippen molar-refractivity contribution in [1.82, 2.24) is 5.32 Å². The minimum atomic E-state index is 0.507. The maximum Gasteiger partial charge on any atom is 0.0731 e. The van der Waals surface area contributed by atoms with Gasteiger partial charge >= 0.3 is 0 Å². The normalized spacial score (nSPS) is 33.4. The van der Waals surface area contributed by atoms with E-state index < -0.39 is 0 Å². The van der Waals surface area contributed by atoms with Crippen LogP contribution in [0.1, 0.15) is 58.3 Å². The number of nitrogens with one attached hydrogen (secondary N) is 1. The van der Waals surface area contributed by atoms with Crippen molar-refractivity contribution < 1.29 is 4.74 Å². The number of ether oxygens (including phenoxy) is 1. The molecule has 2 fully saturated rings. The first-order valence-electron chi connectivity index (χ1n) is 6.79. The van der Waals surface area contributed by atoms with Crippen LogP contribution in [0.3, 0.4) is 0 Å². The fourth-order valence-corrected chi connectivity index (χ4v) is 3.03. The minimum Gasteiger partial charge on any atom is -0.373 e. The van der Waals surface area contributed by atoms with E-state index >= 15 is 0 Å². The van der Waals surface area contributed by atoms with Crippen LogP contribution in [0.4, 0.5) is 0 Å². The Bertz CT molecular complexity index is 177. The van der Waals surface area contributed by atoms with Crippen molar-refractivity contribution in [3.8, 4) is 0 Å². The highest BCUT2D eigenvalue weighted by Crippen LogP contribution is 2.28. The highest BCUT2D eigenvalue weighted by Gasteiger charge is 2.29. The topological polar surface area (TPSA) is 21.3 Å². The summed E-state index contributed by atoms with van der Waals surface area (Å²) in [5.41, 5.74) is 0. The van der Waals surface area contributed by atoms with E-state index in [1.54, 1.807) is 0 Å². The average Bonchev–Trinajstić information content (AvgIpc) is 2.68. The predicted octanol–water partition coefficient (Wildman–Crippen LogP) is 2.87. The summed E-state index contributed by atoms with van der Waals surface area (Å²) in [5.74, 6) is 0. The SMILES string of the molecule is CCNC1CCCC1OC1CCCCC1.